The first-order valence-corrected chi connectivity index (χ1v) is 8.99. The van der Waals surface area contributed by atoms with Crippen LogP contribution >= 0.6 is 0 Å². The van der Waals surface area contributed by atoms with Crippen molar-refractivity contribution in [1.29, 1.82) is 0 Å². The van der Waals surface area contributed by atoms with Crippen LogP contribution in [-0.2, 0) is 27.9 Å². The van der Waals surface area contributed by atoms with Crippen LogP contribution in [0.1, 0.15) is 20.8 Å². The molecule has 28 heavy (non-hydrogen) atoms. The van der Waals surface area contributed by atoms with Crippen molar-refractivity contribution in [2.45, 2.75) is 32.9 Å². The molecule has 0 atom stereocenters. The summed E-state index contributed by atoms with van der Waals surface area (Å²) in [5.74, 6) is -0.854. The molecular weight excluding hydrogens is 364 g/mol. The molecule has 0 saturated heterocycles. The number of esters is 1. The first-order valence-electron chi connectivity index (χ1n) is 8.99. The van der Waals surface area contributed by atoms with Crippen molar-refractivity contribution in [3.63, 3.8) is 0 Å². The van der Waals surface area contributed by atoms with Gasteiger partial charge in [-0.3, -0.25) is 23.6 Å². The Morgan fingerprint density at radius 1 is 1.21 bits per heavy atom. The zero-order valence-electron chi connectivity index (χ0n) is 17.3. The molecule has 0 fully saturated rings. The summed E-state index contributed by atoms with van der Waals surface area (Å²) in [5, 5.41) is 4.35. The van der Waals surface area contributed by atoms with Crippen LogP contribution in [0.3, 0.4) is 0 Å². The minimum Gasteiger partial charge on any atom is -0.459 e. The zero-order chi connectivity index (χ0) is 21.1. The Labute approximate surface area is 163 Å². The molecule has 0 aliphatic rings. The third kappa shape index (κ3) is 5.62. The van der Waals surface area contributed by atoms with Gasteiger partial charge in [-0.15, -0.1) is 0 Å². The highest BCUT2D eigenvalue weighted by molar-refractivity contribution is 5.82. The van der Waals surface area contributed by atoms with Crippen LogP contribution in [0.4, 0.5) is 0 Å². The molecule has 154 valence electrons. The fourth-order valence-electron chi connectivity index (χ4n) is 2.57. The van der Waals surface area contributed by atoms with Gasteiger partial charge in [0.2, 0.25) is 5.91 Å². The molecule has 0 aliphatic heterocycles. The number of carbonyl (C=O) groups is 2. The van der Waals surface area contributed by atoms with Crippen LogP contribution in [0, 0.1) is 0 Å². The number of aromatic nitrogens is 4. The third-order valence-electron chi connectivity index (χ3n) is 3.93. The fraction of sp³-hybridized carbons (Fsp3) is 0.611. The standard InChI is InChI=1S/C18H28N6O4/c1-18(2,3)28-15(26)11-23(8-7-21(4)5)14(25)10-24-12-19-16-13(17(24)27)9-20-22(16)6/h9,12H,7-8,10-11H2,1-6H3. The molecule has 0 saturated carbocycles. The second kappa shape index (κ2) is 8.51. The zero-order valence-corrected chi connectivity index (χ0v) is 17.3. The first-order chi connectivity index (χ1) is 13.0. The van der Waals surface area contributed by atoms with E-state index in [-0.39, 0.29) is 24.6 Å². The molecular formula is C18H28N6O4. The maximum absolute atomic E-state index is 12.8. The number of nitrogens with zero attached hydrogens (tertiary/aromatic N) is 6. The smallest absolute Gasteiger partial charge is 0.326 e. The lowest BCUT2D eigenvalue weighted by molar-refractivity contribution is -0.159. The molecule has 0 spiro atoms. The Bertz CT molecular complexity index is 909. The van der Waals surface area contributed by atoms with Crippen molar-refractivity contribution in [1.82, 2.24) is 29.1 Å². The lowest BCUT2D eigenvalue weighted by atomic mass is 10.2. The van der Waals surface area contributed by atoms with E-state index in [1.807, 2.05) is 19.0 Å². The molecule has 2 aromatic heterocycles. The van der Waals surface area contributed by atoms with Gasteiger partial charge in [0.1, 0.15) is 30.4 Å². The highest BCUT2D eigenvalue weighted by Crippen LogP contribution is 2.08. The van der Waals surface area contributed by atoms with Crippen LogP contribution in [0.5, 0.6) is 0 Å². The quantitative estimate of drug-likeness (QED) is 0.604. The van der Waals surface area contributed by atoms with E-state index >= 15 is 0 Å². The molecule has 10 nitrogen and oxygen atoms in total. The van der Waals surface area contributed by atoms with Gasteiger partial charge in [0, 0.05) is 20.1 Å². The van der Waals surface area contributed by atoms with Crippen LogP contribution in [0.15, 0.2) is 17.3 Å². The molecule has 2 heterocycles. The second-order valence-electron chi connectivity index (χ2n) is 7.89. The van der Waals surface area contributed by atoms with Crippen molar-refractivity contribution in [2.24, 2.45) is 7.05 Å². The van der Waals surface area contributed by atoms with Crippen molar-refractivity contribution in [3.8, 4) is 0 Å². The number of fused-ring (bicyclic) bond motifs is 1. The maximum Gasteiger partial charge on any atom is 0.326 e. The van der Waals surface area contributed by atoms with Gasteiger partial charge in [-0.25, -0.2) is 4.98 Å². The SMILES string of the molecule is CN(C)CCN(CC(=O)OC(C)(C)C)C(=O)Cn1cnc2c(cnn2C)c1=O. The number of hydrogen-bond donors (Lipinski definition) is 0. The Balaban J connectivity index is 2.18. The van der Waals surface area contributed by atoms with Gasteiger partial charge in [0.25, 0.3) is 5.56 Å². The summed E-state index contributed by atoms with van der Waals surface area (Å²) in [7, 11) is 5.44. The lowest BCUT2D eigenvalue weighted by Crippen LogP contribution is -2.44. The summed E-state index contributed by atoms with van der Waals surface area (Å²) in [6, 6.07) is 0. The number of carbonyl (C=O) groups excluding carboxylic acids is 2. The normalized spacial score (nSPS) is 11.8. The second-order valence-corrected chi connectivity index (χ2v) is 7.89. The summed E-state index contributed by atoms with van der Waals surface area (Å²) in [5.41, 5.74) is -0.539. The van der Waals surface area contributed by atoms with E-state index in [9.17, 15) is 14.4 Å². The highest BCUT2D eigenvalue weighted by Gasteiger charge is 2.23. The predicted octanol–water partition coefficient (Wildman–Crippen LogP) is -0.138. The van der Waals surface area contributed by atoms with Crippen molar-refractivity contribution in [2.75, 3.05) is 33.7 Å². The van der Waals surface area contributed by atoms with E-state index in [2.05, 4.69) is 10.1 Å². The minimum absolute atomic E-state index is 0.179. The highest BCUT2D eigenvalue weighted by atomic mass is 16.6. The van der Waals surface area contributed by atoms with Gasteiger partial charge in [-0.2, -0.15) is 5.10 Å². The average molecular weight is 392 g/mol. The summed E-state index contributed by atoms with van der Waals surface area (Å²) >= 11 is 0. The molecule has 2 aromatic rings. The molecule has 0 radical (unpaired) electrons. The number of aryl methyl sites for hydroxylation is 1. The number of ether oxygens (including phenoxy) is 1. The van der Waals surface area contributed by atoms with Crippen molar-refractivity contribution >= 4 is 22.9 Å². The van der Waals surface area contributed by atoms with Crippen LogP contribution in [0.25, 0.3) is 11.0 Å². The van der Waals surface area contributed by atoms with Gasteiger partial charge in [0.15, 0.2) is 5.65 Å². The monoisotopic (exact) mass is 392 g/mol. The number of amides is 1. The van der Waals surface area contributed by atoms with Crippen LogP contribution in [-0.4, -0.2) is 80.3 Å². The third-order valence-corrected chi connectivity index (χ3v) is 3.93. The summed E-state index contributed by atoms with van der Waals surface area (Å²) < 4.78 is 8.04. The van der Waals surface area contributed by atoms with Gasteiger partial charge in [-0.1, -0.05) is 0 Å². The van der Waals surface area contributed by atoms with E-state index in [0.29, 0.717) is 24.1 Å². The predicted molar refractivity (Wildman–Crippen MR) is 104 cm³/mol. The number of hydrogen-bond acceptors (Lipinski definition) is 7. The van der Waals surface area contributed by atoms with Gasteiger partial charge < -0.3 is 14.5 Å². The molecule has 0 unspecified atom stereocenters. The summed E-state index contributed by atoms with van der Waals surface area (Å²) in [6.07, 6.45) is 2.75. The summed E-state index contributed by atoms with van der Waals surface area (Å²) in [4.78, 5) is 45.1. The average Bonchev–Trinajstić information content (AvgIpc) is 2.94. The molecule has 2 rings (SSSR count). The van der Waals surface area contributed by atoms with Gasteiger partial charge in [-0.05, 0) is 34.9 Å². The Morgan fingerprint density at radius 3 is 2.50 bits per heavy atom. The van der Waals surface area contributed by atoms with Gasteiger partial charge in [0.05, 0.1) is 6.20 Å². The van der Waals surface area contributed by atoms with E-state index in [1.54, 1.807) is 27.8 Å². The lowest BCUT2D eigenvalue weighted by Gasteiger charge is -2.26. The van der Waals surface area contributed by atoms with Crippen molar-refractivity contribution < 1.29 is 14.3 Å². The fourth-order valence-corrected chi connectivity index (χ4v) is 2.57. The Hall–Kier alpha value is -2.75. The Kier molecular flexibility index (Phi) is 6.55. The minimum atomic E-state index is -0.639. The first kappa shape index (κ1) is 21.5. The Morgan fingerprint density at radius 2 is 1.89 bits per heavy atom. The molecule has 10 heteroatoms. The van der Waals surface area contributed by atoms with E-state index in [1.165, 1.54) is 26.7 Å². The number of rotatable bonds is 7. The maximum atomic E-state index is 12.8. The summed E-state index contributed by atoms with van der Waals surface area (Å²) in [6.45, 7) is 5.82. The van der Waals surface area contributed by atoms with Gasteiger partial charge >= 0.3 is 5.97 Å². The molecule has 1 amide bonds. The van der Waals surface area contributed by atoms with E-state index < -0.39 is 11.6 Å². The van der Waals surface area contributed by atoms with Crippen LogP contribution < -0.4 is 5.56 Å². The largest absolute Gasteiger partial charge is 0.459 e. The van der Waals surface area contributed by atoms with Crippen LogP contribution in [0.2, 0.25) is 0 Å². The molecule has 0 aliphatic carbocycles. The van der Waals surface area contributed by atoms with E-state index in [4.69, 9.17) is 4.74 Å². The topological polar surface area (TPSA) is 103 Å². The van der Waals surface area contributed by atoms with E-state index in [0.717, 1.165) is 0 Å². The number of likely N-dealkylation sites (N-methyl/N-ethyl adjacent to an activating group) is 1. The van der Waals surface area contributed by atoms with Crippen molar-refractivity contribution in [3.05, 3.63) is 22.9 Å². The molecule has 0 aromatic carbocycles. The molecule has 0 N–H and O–H groups in total. The molecule has 0 bridgehead atoms.